The van der Waals surface area contributed by atoms with E-state index in [4.69, 9.17) is 0 Å². The summed E-state index contributed by atoms with van der Waals surface area (Å²) in [5.74, 6) is 1.14. The van der Waals surface area contributed by atoms with Crippen LogP contribution in [0.1, 0.15) is 26.2 Å². The van der Waals surface area contributed by atoms with Crippen molar-refractivity contribution in [2.24, 2.45) is 11.8 Å². The third-order valence-corrected chi connectivity index (χ3v) is 5.54. The normalized spacial score (nSPS) is 18.5. The minimum Gasteiger partial charge on any atom is -0.325 e. The molecule has 1 saturated heterocycles. The number of carbonyl (C=O) groups is 1. The first kappa shape index (κ1) is 19.0. The zero-order chi connectivity index (χ0) is 16.1. The summed E-state index contributed by atoms with van der Waals surface area (Å²) in [6.45, 7) is 4.35. The summed E-state index contributed by atoms with van der Waals surface area (Å²) < 4.78 is 0. The first-order valence-corrected chi connectivity index (χ1v) is 9.25. The lowest BCUT2D eigenvalue weighted by atomic mass is 9.85. The first-order chi connectivity index (χ1) is 11.2. The summed E-state index contributed by atoms with van der Waals surface area (Å²) in [4.78, 5) is 13.6. The summed E-state index contributed by atoms with van der Waals surface area (Å²) >= 11 is 1.69. The molecule has 1 aliphatic rings. The number of anilines is 1. The molecule has 0 saturated carbocycles. The van der Waals surface area contributed by atoms with Crippen molar-refractivity contribution in [1.29, 1.82) is 0 Å². The van der Waals surface area contributed by atoms with Gasteiger partial charge < -0.3 is 10.6 Å². The molecule has 0 bridgehead atoms. The van der Waals surface area contributed by atoms with Gasteiger partial charge in [-0.25, -0.2) is 0 Å². The Bertz CT molecular complexity index is 639. The number of piperidine rings is 1. The summed E-state index contributed by atoms with van der Waals surface area (Å²) in [6.07, 6.45) is 3.04. The number of rotatable bonds is 5. The fourth-order valence-corrected chi connectivity index (χ4v) is 4.03. The monoisotopic (exact) mass is 364 g/mol. The Labute approximate surface area is 154 Å². The lowest BCUT2D eigenvalue weighted by Gasteiger charge is -2.28. The SMILES string of the molecule is CC(CC(=O)Nc1ccccc1-c1cccs1)C1CCCNC1.Cl. The molecule has 3 rings (SSSR count). The predicted octanol–water partition coefficient (Wildman–Crippen LogP) is 4.80. The van der Waals surface area contributed by atoms with Gasteiger partial charge in [-0.15, -0.1) is 23.7 Å². The molecule has 2 atom stereocenters. The molecule has 1 aliphatic heterocycles. The van der Waals surface area contributed by atoms with E-state index >= 15 is 0 Å². The van der Waals surface area contributed by atoms with E-state index in [-0.39, 0.29) is 18.3 Å². The maximum Gasteiger partial charge on any atom is 0.224 e. The topological polar surface area (TPSA) is 41.1 Å². The van der Waals surface area contributed by atoms with Crippen molar-refractivity contribution in [3.8, 4) is 10.4 Å². The molecule has 3 nitrogen and oxygen atoms in total. The Balaban J connectivity index is 0.00000208. The zero-order valence-electron chi connectivity index (χ0n) is 14.0. The maximum atomic E-state index is 12.5. The van der Waals surface area contributed by atoms with Crippen molar-refractivity contribution in [1.82, 2.24) is 5.32 Å². The Kier molecular flexibility index (Phi) is 7.28. The molecule has 2 aromatic rings. The van der Waals surface area contributed by atoms with E-state index in [0.29, 0.717) is 18.3 Å². The van der Waals surface area contributed by atoms with Crippen molar-refractivity contribution in [2.45, 2.75) is 26.2 Å². The van der Waals surface area contributed by atoms with E-state index in [1.807, 2.05) is 24.3 Å². The van der Waals surface area contributed by atoms with Crippen LogP contribution in [-0.2, 0) is 4.79 Å². The van der Waals surface area contributed by atoms with Crippen LogP contribution in [-0.4, -0.2) is 19.0 Å². The Morgan fingerprint density at radius 3 is 2.88 bits per heavy atom. The van der Waals surface area contributed by atoms with E-state index in [2.05, 4.69) is 35.1 Å². The van der Waals surface area contributed by atoms with Crippen molar-refractivity contribution in [2.75, 3.05) is 18.4 Å². The number of amides is 1. The molecule has 24 heavy (non-hydrogen) atoms. The van der Waals surface area contributed by atoms with Crippen LogP contribution in [0.2, 0.25) is 0 Å². The lowest BCUT2D eigenvalue weighted by molar-refractivity contribution is -0.117. The molecule has 0 radical (unpaired) electrons. The van der Waals surface area contributed by atoms with Crippen molar-refractivity contribution in [3.05, 3.63) is 41.8 Å². The number of nitrogens with one attached hydrogen (secondary N) is 2. The first-order valence-electron chi connectivity index (χ1n) is 8.37. The second kappa shape index (κ2) is 9.21. The summed E-state index contributed by atoms with van der Waals surface area (Å²) in [7, 11) is 0. The highest BCUT2D eigenvalue weighted by molar-refractivity contribution is 7.13. The van der Waals surface area contributed by atoms with Crippen LogP contribution in [0.3, 0.4) is 0 Å². The molecular formula is C19H25ClN2OS. The van der Waals surface area contributed by atoms with Gasteiger partial charge in [0.2, 0.25) is 5.91 Å². The fourth-order valence-electron chi connectivity index (χ4n) is 3.26. The van der Waals surface area contributed by atoms with Crippen LogP contribution in [0, 0.1) is 11.8 Å². The van der Waals surface area contributed by atoms with Crippen LogP contribution < -0.4 is 10.6 Å². The van der Waals surface area contributed by atoms with Gasteiger partial charge >= 0.3 is 0 Å². The molecular weight excluding hydrogens is 340 g/mol. The van der Waals surface area contributed by atoms with Crippen LogP contribution in [0.25, 0.3) is 10.4 Å². The highest BCUT2D eigenvalue weighted by atomic mass is 35.5. The van der Waals surface area contributed by atoms with Crippen LogP contribution in [0.5, 0.6) is 0 Å². The minimum absolute atomic E-state index is 0. The van der Waals surface area contributed by atoms with Gasteiger partial charge in [-0.2, -0.15) is 0 Å². The van der Waals surface area contributed by atoms with Gasteiger partial charge in [0, 0.05) is 22.5 Å². The predicted molar refractivity (Wildman–Crippen MR) is 105 cm³/mol. The van der Waals surface area contributed by atoms with E-state index in [1.165, 1.54) is 17.7 Å². The van der Waals surface area contributed by atoms with Crippen LogP contribution in [0.4, 0.5) is 5.69 Å². The Hall–Kier alpha value is -1.36. The molecule has 2 unspecified atom stereocenters. The molecule has 5 heteroatoms. The number of benzene rings is 1. The van der Waals surface area contributed by atoms with Gasteiger partial charge in [-0.05, 0) is 55.3 Å². The minimum atomic E-state index is 0. The van der Waals surface area contributed by atoms with Gasteiger partial charge in [0.25, 0.3) is 0 Å². The second-order valence-corrected chi connectivity index (χ2v) is 7.31. The smallest absolute Gasteiger partial charge is 0.224 e. The van der Waals surface area contributed by atoms with E-state index in [9.17, 15) is 4.79 Å². The van der Waals surface area contributed by atoms with Crippen LogP contribution in [0.15, 0.2) is 41.8 Å². The molecule has 2 N–H and O–H groups in total. The van der Waals surface area contributed by atoms with Crippen molar-refractivity contribution in [3.63, 3.8) is 0 Å². The van der Waals surface area contributed by atoms with Gasteiger partial charge in [0.15, 0.2) is 0 Å². The number of carbonyl (C=O) groups excluding carboxylic acids is 1. The number of thiophene rings is 1. The molecule has 1 aromatic carbocycles. The quantitative estimate of drug-likeness (QED) is 0.799. The number of halogens is 1. The van der Waals surface area contributed by atoms with Gasteiger partial charge in [0.05, 0.1) is 0 Å². The van der Waals surface area contributed by atoms with Crippen molar-refractivity contribution >= 4 is 35.3 Å². The largest absolute Gasteiger partial charge is 0.325 e. The van der Waals surface area contributed by atoms with Gasteiger partial charge in [-0.3, -0.25) is 4.79 Å². The van der Waals surface area contributed by atoms with Crippen molar-refractivity contribution < 1.29 is 4.79 Å². The maximum absolute atomic E-state index is 12.5. The molecule has 2 heterocycles. The third kappa shape index (κ3) is 4.82. The fraction of sp³-hybridized carbons (Fsp3) is 0.421. The Morgan fingerprint density at radius 1 is 1.33 bits per heavy atom. The lowest BCUT2D eigenvalue weighted by Crippen LogP contribution is -2.34. The molecule has 130 valence electrons. The average Bonchev–Trinajstić information content (AvgIpc) is 3.10. The summed E-state index contributed by atoms with van der Waals surface area (Å²) in [5.41, 5.74) is 2.01. The zero-order valence-corrected chi connectivity index (χ0v) is 15.6. The standard InChI is InChI=1S/C19H24N2OS.ClH/c1-14(15-6-4-10-20-13-15)12-19(22)21-17-8-3-2-7-16(17)18-9-5-11-23-18;/h2-3,5,7-9,11,14-15,20H,4,6,10,12-13H2,1H3,(H,21,22);1H. The number of hydrogen-bond donors (Lipinski definition) is 2. The van der Waals surface area contributed by atoms with E-state index in [1.54, 1.807) is 11.3 Å². The molecule has 1 fully saturated rings. The Morgan fingerprint density at radius 2 is 2.17 bits per heavy atom. The average molecular weight is 365 g/mol. The molecule has 1 aromatic heterocycles. The summed E-state index contributed by atoms with van der Waals surface area (Å²) in [5, 5.41) is 8.61. The highest BCUT2D eigenvalue weighted by Crippen LogP contribution is 2.31. The highest BCUT2D eigenvalue weighted by Gasteiger charge is 2.22. The molecule has 0 spiro atoms. The van der Waals surface area contributed by atoms with Gasteiger partial charge in [0.1, 0.15) is 0 Å². The second-order valence-electron chi connectivity index (χ2n) is 6.36. The van der Waals surface area contributed by atoms with E-state index < -0.39 is 0 Å². The van der Waals surface area contributed by atoms with E-state index in [0.717, 1.165) is 24.3 Å². The number of para-hydroxylation sites is 1. The number of hydrogen-bond acceptors (Lipinski definition) is 3. The van der Waals surface area contributed by atoms with Gasteiger partial charge in [-0.1, -0.05) is 31.2 Å². The van der Waals surface area contributed by atoms with Crippen LogP contribution >= 0.6 is 23.7 Å². The molecule has 1 amide bonds. The third-order valence-electron chi connectivity index (χ3n) is 4.63. The molecule has 0 aliphatic carbocycles. The summed E-state index contributed by atoms with van der Waals surface area (Å²) in [6, 6.07) is 12.2.